The van der Waals surface area contributed by atoms with E-state index in [4.69, 9.17) is 4.98 Å². The Balaban J connectivity index is 1.64. The molecule has 0 saturated carbocycles. The lowest BCUT2D eigenvalue weighted by molar-refractivity contribution is 0.619. The van der Waals surface area contributed by atoms with Crippen LogP contribution in [0.25, 0.3) is 0 Å². The molecule has 4 nitrogen and oxygen atoms in total. The average Bonchev–Trinajstić information content (AvgIpc) is 3.07. The van der Waals surface area contributed by atoms with Gasteiger partial charge in [-0.3, -0.25) is 0 Å². The Kier molecular flexibility index (Phi) is 4.36. The summed E-state index contributed by atoms with van der Waals surface area (Å²) in [4.78, 5) is 13.1. The Labute approximate surface area is 156 Å². The van der Waals surface area contributed by atoms with Gasteiger partial charge < -0.3 is 10.2 Å². The van der Waals surface area contributed by atoms with Crippen LogP contribution in [0.1, 0.15) is 34.7 Å². The number of fused-ring (bicyclic) bond motifs is 1. The molecule has 0 fully saturated rings. The van der Waals surface area contributed by atoms with E-state index in [9.17, 15) is 4.39 Å². The van der Waals surface area contributed by atoms with Crippen molar-refractivity contribution in [2.45, 2.75) is 33.2 Å². The number of rotatable bonds is 3. The van der Waals surface area contributed by atoms with Gasteiger partial charge in [-0.05, 0) is 68.0 Å². The summed E-state index contributed by atoms with van der Waals surface area (Å²) in [5, 5.41) is 5.47. The molecule has 1 aliphatic rings. The second-order valence-electron chi connectivity index (χ2n) is 6.71. The quantitative estimate of drug-likeness (QED) is 0.693. The van der Waals surface area contributed by atoms with Gasteiger partial charge in [0, 0.05) is 28.9 Å². The summed E-state index contributed by atoms with van der Waals surface area (Å²) in [6.07, 6.45) is 1.01. The number of anilines is 3. The smallest absolute Gasteiger partial charge is 0.228 e. The van der Waals surface area contributed by atoms with Crippen molar-refractivity contribution >= 4 is 28.8 Å². The highest BCUT2D eigenvalue weighted by atomic mass is 32.1. The molecule has 4 rings (SSSR count). The molecule has 1 N–H and O–H groups in total. The fraction of sp³-hybridized carbons (Fsp3) is 0.300. The van der Waals surface area contributed by atoms with Crippen LogP contribution >= 0.6 is 11.3 Å². The lowest BCUT2D eigenvalue weighted by atomic mass is 10.0. The molecular formula is C20H21FN4S. The number of aromatic nitrogens is 2. The average molecular weight is 368 g/mol. The number of halogens is 1. The number of aryl methyl sites for hydroxylation is 2. The lowest BCUT2D eigenvalue weighted by Gasteiger charge is -2.33. The molecule has 0 spiro atoms. The molecule has 0 bridgehead atoms. The molecule has 0 radical (unpaired) electrons. The van der Waals surface area contributed by atoms with E-state index in [0.29, 0.717) is 0 Å². The minimum absolute atomic E-state index is 0.235. The molecule has 3 heterocycles. The molecule has 1 unspecified atom stereocenters. The van der Waals surface area contributed by atoms with Crippen molar-refractivity contribution in [1.29, 1.82) is 0 Å². The summed E-state index contributed by atoms with van der Waals surface area (Å²) in [5.41, 5.74) is 4.04. The third-order valence-corrected chi connectivity index (χ3v) is 5.93. The summed E-state index contributed by atoms with van der Waals surface area (Å²) < 4.78 is 13.3. The van der Waals surface area contributed by atoms with Crippen molar-refractivity contribution < 1.29 is 4.39 Å². The molecular weight excluding hydrogens is 347 g/mol. The predicted octanol–water partition coefficient (Wildman–Crippen LogP) is 5.16. The number of hydrogen-bond donors (Lipinski definition) is 1. The number of nitrogens with one attached hydrogen (secondary N) is 1. The van der Waals surface area contributed by atoms with Gasteiger partial charge in [-0.2, -0.15) is 4.98 Å². The molecule has 26 heavy (non-hydrogen) atoms. The first-order chi connectivity index (χ1) is 12.5. The highest BCUT2D eigenvalue weighted by Gasteiger charge is 2.27. The van der Waals surface area contributed by atoms with E-state index in [0.717, 1.165) is 41.7 Å². The number of hydrogen-bond acceptors (Lipinski definition) is 5. The van der Waals surface area contributed by atoms with Gasteiger partial charge in [0.1, 0.15) is 11.6 Å². The maximum absolute atomic E-state index is 13.3. The van der Waals surface area contributed by atoms with E-state index in [1.165, 1.54) is 22.6 Å². The molecule has 0 amide bonds. The van der Waals surface area contributed by atoms with Crippen LogP contribution in [0.15, 0.2) is 35.7 Å². The Morgan fingerprint density at radius 1 is 1.19 bits per heavy atom. The minimum atomic E-state index is -0.235. The van der Waals surface area contributed by atoms with E-state index in [1.807, 2.05) is 19.9 Å². The standard InChI is InChI=1S/C20H21FN4S/c1-12-10-16(21)4-5-17(12)23-18-11-13(2)22-20(24-18)25-8-6-15-7-9-26-19(15)14(25)3/h4-5,7,9-11,14H,6,8H2,1-3H3,(H,22,23,24). The Morgan fingerprint density at radius 2 is 2.04 bits per heavy atom. The maximum Gasteiger partial charge on any atom is 0.228 e. The van der Waals surface area contributed by atoms with E-state index in [-0.39, 0.29) is 11.9 Å². The van der Waals surface area contributed by atoms with Gasteiger partial charge in [0.2, 0.25) is 5.95 Å². The highest BCUT2D eigenvalue weighted by molar-refractivity contribution is 7.10. The predicted molar refractivity (Wildman–Crippen MR) is 105 cm³/mol. The van der Waals surface area contributed by atoms with E-state index in [2.05, 4.69) is 33.6 Å². The first-order valence-corrected chi connectivity index (χ1v) is 9.61. The van der Waals surface area contributed by atoms with Crippen LogP contribution < -0.4 is 10.2 Å². The summed E-state index contributed by atoms with van der Waals surface area (Å²) in [5.74, 6) is 1.23. The molecule has 6 heteroatoms. The van der Waals surface area contributed by atoms with Crippen LogP contribution in [0, 0.1) is 19.7 Å². The van der Waals surface area contributed by atoms with Gasteiger partial charge in [-0.15, -0.1) is 11.3 Å². The fourth-order valence-corrected chi connectivity index (χ4v) is 4.45. The Hall–Kier alpha value is -2.47. The second kappa shape index (κ2) is 6.68. The van der Waals surface area contributed by atoms with Crippen LogP contribution in [0.4, 0.5) is 21.8 Å². The zero-order valence-corrected chi connectivity index (χ0v) is 15.9. The third kappa shape index (κ3) is 3.17. The van der Waals surface area contributed by atoms with Crippen molar-refractivity contribution in [3.05, 3.63) is 63.2 Å². The zero-order chi connectivity index (χ0) is 18.3. The molecule has 0 aliphatic carbocycles. The summed E-state index contributed by atoms with van der Waals surface area (Å²) in [6.45, 7) is 6.96. The van der Waals surface area contributed by atoms with Crippen molar-refractivity contribution in [2.75, 3.05) is 16.8 Å². The summed E-state index contributed by atoms with van der Waals surface area (Å²) in [7, 11) is 0. The van der Waals surface area contributed by atoms with Gasteiger partial charge >= 0.3 is 0 Å². The Morgan fingerprint density at radius 3 is 2.85 bits per heavy atom. The lowest BCUT2D eigenvalue weighted by Crippen LogP contribution is -2.34. The van der Waals surface area contributed by atoms with Crippen LogP contribution in [-0.4, -0.2) is 16.5 Å². The SMILES string of the molecule is Cc1cc(Nc2ccc(F)cc2C)nc(N2CCc3ccsc3C2C)n1. The summed E-state index contributed by atoms with van der Waals surface area (Å²) in [6, 6.07) is 9.11. The van der Waals surface area contributed by atoms with Crippen LogP contribution in [0.2, 0.25) is 0 Å². The monoisotopic (exact) mass is 368 g/mol. The second-order valence-corrected chi connectivity index (χ2v) is 7.66. The molecule has 3 aromatic rings. The molecule has 1 atom stereocenters. The van der Waals surface area contributed by atoms with Crippen LogP contribution in [-0.2, 0) is 6.42 Å². The third-order valence-electron chi connectivity index (χ3n) is 4.80. The molecule has 0 saturated heterocycles. The Bertz CT molecular complexity index is 953. The minimum Gasteiger partial charge on any atom is -0.340 e. The van der Waals surface area contributed by atoms with Crippen molar-refractivity contribution in [1.82, 2.24) is 9.97 Å². The van der Waals surface area contributed by atoms with Gasteiger partial charge in [-0.1, -0.05) is 0 Å². The van der Waals surface area contributed by atoms with E-state index < -0.39 is 0 Å². The largest absolute Gasteiger partial charge is 0.340 e. The van der Waals surface area contributed by atoms with Gasteiger partial charge in [0.05, 0.1) is 6.04 Å². The van der Waals surface area contributed by atoms with Gasteiger partial charge in [0.15, 0.2) is 0 Å². The summed E-state index contributed by atoms with van der Waals surface area (Å²) >= 11 is 1.80. The molecule has 1 aromatic carbocycles. The maximum atomic E-state index is 13.3. The van der Waals surface area contributed by atoms with E-state index in [1.54, 1.807) is 17.4 Å². The van der Waals surface area contributed by atoms with Crippen molar-refractivity contribution in [2.24, 2.45) is 0 Å². The highest BCUT2D eigenvalue weighted by Crippen LogP contribution is 2.35. The topological polar surface area (TPSA) is 41.1 Å². The van der Waals surface area contributed by atoms with E-state index >= 15 is 0 Å². The normalized spacial score (nSPS) is 16.5. The number of benzene rings is 1. The molecule has 1 aliphatic heterocycles. The first kappa shape index (κ1) is 17.0. The fourth-order valence-electron chi connectivity index (χ4n) is 3.42. The van der Waals surface area contributed by atoms with Crippen LogP contribution in [0.5, 0.6) is 0 Å². The van der Waals surface area contributed by atoms with Gasteiger partial charge in [0.25, 0.3) is 0 Å². The molecule has 134 valence electrons. The number of thiophene rings is 1. The number of nitrogens with zero attached hydrogens (tertiary/aromatic N) is 3. The van der Waals surface area contributed by atoms with Crippen molar-refractivity contribution in [3.8, 4) is 0 Å². The van der Waals surface area contributed by atoms with Gasteiger partial charge in [-0.25, -0.2) is 9.37 Å². The zero-order valence-electron chi connectivity index (χ0n) is 15.1. The molecule has 2 aromatic heterocycles. The van der Waals surface area contributed by atoms with Crippen molar-refractivity contribution in [3.63, 3.8) is 0 Å². The first-order valence-electron chi connectivity index (χ1n) is 8.73. The van der Waals surface area contributed by atoms with Crippen LogP contribution in [0.3, 0.4) is 0 Å².